The first-order valence-corrected chi connectivity index (χ1v) is 12.6. The zero-order valence-electron chi connectivity index (χ0n) is 21.2. The van der Waals surface area contributed by atoms with Crippen LogP contribution in [0.4, 0.5) is 17.3 Å². The number of halogens is 1. The number of β-amino-alcohol motifs (C(OH)–C–C–N with tert-alkyl or cyclic N) is 1. The van der Waals surface area contributed by atoms with Gasteiger partial charge >= 0.3 is 0 Å². The molecule has 1 saturated heterocycles. The fraction of sp³-hybridized carbons (Fsp3) is 0.333. The second-order valence-electron chi connectivity index (χ2n) is 9.13. The Morgan fingerprint density at radius 1 is 1.00 bits per heavy atom. The van der Waals surface area contributed by atoms with Gasteiger partial charge in [0.2, 0.25) is 5.95 Å². The van der Waals surface area contributed by atoms with Crippen LogP contribution >= 0.6 is 11.6 Å². The third-order valence-corrected chi connectivity index (χ3v) is 6.76. The molecule has 0 amide bonds. The number of piperazine rings is 1. The number of aromatic nitrogens is 3. The molecule has 1 fully saturated rings. The van der Waals surface area contributed by atoms with Gasteiger partial charge in [-0.2, -0.15) is 0 Å². The first-order chi connectivity index (χ1) is 17.9. The predicted octanol–water partition coefficient (Wildman–Crippen LogP) is 4.31. The minimum atomic E-state index is -0.311. The lowest BCUT2D eigenvalue weighted by Crippen LogP contribution is -2.48. The Hall–Kier alpha value is -3.53. The van der Waals surface area contributed by atoms with E-state index in [9.17, 15) is 5.11 Å². The number of methoxy groups -OCH3 is 2. The van der Waals surface area contributed by atoms with E-state index in [1.807, 2.05) is 47.8 Å². The molecule has 2 N–H and O–H groups in total. The number of aliphatic hydroxyl groups is 1. The first-order valence-electron chi connectivity index (χ1n) is 12.2. The molecule has 9 nitrogen and oxygen atoms in total. The topological polar surface area (TPSA) is 87.4 Å². The molecule has 3 heterocycles. The summed E-state index contributed by atoms with van der Waals surface area (Å²) in [5, 5.41) is 18.3. The van der Waals surface area contributed by atoms with Crippen LogP contribution < -0.4 is 19.7 Å². The van der Waals surface area contributed by atoms with Crippen LogP contribution in [0.25, 0.3) is 16.8 Å². The van der Waals surface area contributed by atoms with Gasteiger partial charge in [0, 0.05) is 55.1 Å². The van der Waals surface area contributed by atoms with E-state index in [4.69, 9.17) is 26.2 Å². The third-order valence-electron chi connectivity index (χ3n) is 6.53. The van der Waals surface area contributed by atoms with Crippen LogP contribution in [-0.4, -0.2) is 77.7 Å². The van der Waals surface area contributed by atoms with Crippen LogP contribution in [0.2, 0.25) is 5.02 Å². The summed E-state index contributed by atoms with van der Waals surface area (Å²) in [6, 6.07) is 15.6. The molecule has 37 heavy (non-hydrogen) atoms. The fourth-order valence-corrected chi connectivity index (χ4v) is 4.86. The lowest BCUT2D eigenvalue weighted by Gasteiger charge is -2.36. The fourth-order valence-electron chi connectivity index (χ4n) is 4.70. The Bertz CT molecular complexity index is 1380. The summed E-state index contributed by atoms with van der Waals surface area (Å²) < 4.78 is 13.1. The lowest BCUT2D eigenvalue weighted by molar-refractivity contribution is 0.122. The zero-order chi connectivity index (χ0) is 25.9. The van der Waals surface area contributed by atoms with E-state index in [2.05, 4.69) is 26.2 Å². The molecule has 0 spiro atoms. The summed E-state index contributed by atoms with van der Waals surface area (Å²) >= 11 is 6.16. The molecule has 194 valence electrons. The average molecular weight is 523 g/mol. The Morgan fingerprint density at radius 2 is 1.78 bits per heavy atom. The lowest BCUT2D eigenvalue weighted by atomic mass is 10.1. The number of ether oxygens (including phenoxy) is 2. The summed E-state index contributed by atoms with van der Waals surface area (Å²) in [5.41, 5.74) is 4.47. The summed E-state index contributed by atoms with van der Waals surface area (Å²) in [4.78, 5) is 9.12. The van der Waals surface area contributed by atoms with Crippen molar-refractivity contribution in [2.24, 2.45) is 0 Å². The van der Waals surface area contributed by atoms with Crippen molar-refractivity contribution in [3.05, 3.63) is 59.8 Å². The monoisotopic (exact) mass is 522 g/mol. The van der Waals surface area contributed by atoms with Crippen molar-refractivity contribution < 1.29 is 14.6 Å². The van der Waals surface area contributed by atoms with Crippen molar-refractivity contribution >= 4 is 34.4 Å². The van der Waals surface area contributed by atoms with Gasteiger partial charge in [-0.1, -0.05) is 11.6 Å². The molecular weight excluding hydrogens is 492 g/mol. The molecule has 5 rings (SSSR count). The van der Waals surface area contributed by atoms with Gasteiger partial charge in [-0.05, 0) is 49.4 Å². The van der Waals surface area contributed by atoms with E-state index in [0.29, 0.717) is 29.0 Å². The van der Waals surface area contributed by atoms with Gasteiger partial charge < -0.3 is 24.8 Å². The summed E-state index contributed by atoms with van der Waals surface area (Å²) in [5.74, 6) is 1.82. The molecule has 0 bridgehead atoms. The van der Waals surface area contributed by atoms with E-state index in [1.165, 1.54) is 0 Å². The van der Waals surface area contributed by atoms with Crippen LogP contribution in [0.1, 0.15) is 6.92 Å². The van der Waals surface area contributed by atoms with Crippen molar-refractivity contribution in [1.29, 1.82) is 0 Å². The maximum atomic E-state index is 9.66. The quantitative estimate of drug-likeness (QED) is 0.354. The summed E-state index contributed by atoms with van der Waals surface area (Å²) in [6.07, 6.45) is 1.46. The molecule has 0 radical (unpaired) electrons. The molecule has 10 heteroatoms. The standard InChI is InChI=1S/C27H31ClN6O3/c1-18(35)17-32-10-12-33(13-11-32)20-5-8-23(26(15-20)37-3)30-27-29-16-21-6-9-24(34(21)31-27)22-7-4-19(28)14-25(22)36-2/h4-9,14-16,18,35H,10-13,17H2,1-3H3,(H,30,31)/t18-/m0/s1. The highest BCUT2D eigenvalue weighted by atomic mass is 35.5. The molecule has 4 aromatic rings. The van der Waals surface area contributed by atoms with Crippen LogP contribution in [-0.2, 0) is 0 Å². The molecule has 1 atom stereocenters. The van der Waals surface area contributed by atoms with Crippen LogP contribution in [0, 0.1) is 0 Å². The highest BCUT2D eigenvalue weighted by Crippen LogP contribution is 2.34. The number of hydrogen-bond acceptors (Lipinski definition) is 8. The molecular formula is C27H31ClN6O3. The molecule has 2 aromatic carbocycles. The number of nitrogens with zero attached hydrogens (tertiary/aromatic N) is 5. The van der Waals surface area contributed by atoms with Crippen molar-refractivity contribution in [3.63, 3.8) is 0 Å². The Kier molecular flexibility index (Phi) is 7.36. The van der Waals surface area contributed by atoms with Crippen LogP contribution in [0.15, 0.2) is 54.7 Å². The van der Waals surface area contributed by atoms with E-state index in [-0.39, 0.29) is 6.10 Å². The van der Waals surface area contributed by atoms with Gasteiger partial charge in [0.15, 0.2) is 0 Å². The largest absolute Gasteiger partial charge is 0.496 e. The second-order valence-corrected chi connectivity index (χ2v) is 9.56. The molecule has 0 aliphatic carbocycles. The first kappa shape index (κ1) is 25.1. The van der Waals surface area contributed by atoms with Crippen LogP contribution in [0.3, 0.4) is 0 Å². The van der Waals surface area contributed by atoms with Gasteiger partial charge in [0.05, 0.1) is 43.4 Å². The third kappa shape index (κ3) is 5.44. The maximum absolute atomic E-state index is 9.66. The molecule has 0 unspecified atom stereocenters. The van der Waals surface area contributed by atoms with Gasteiger partial charge in [-0.15, -0.1) is 5.10 Å². The number of aliphatic hydroxyl groups excluding tert-OH is 1. The van der Waals surface area contributed by atoms with E-state index < -0.39 is 0 Å². The SMILES string of the molecule is COc1cc(N2CCN(C[C@H](C)O)CC2)ccc1Nc1ncc2ccc(-c3ccc(Cl)cc3OC)n2n1. The van der Waals surface area contributed by atoms with E-state index in [0.717, 1.165) is 54.3 Å². The highest BCUT2D eigenvalue weighted by molar-refractivity contribution is 6.30. The van der Waals surface area contributed by atoms with Gasteiger partial charge in [0.25, 0.3) is 0 Å². The minimum absolute atomic E-state index is 0.311. The normalized spacial score (nSPS) is 15.1. The number of anilines is 3. The van der Waals surface area contributed by atoms with Gasteiger partial charge in [-0.25, -0.2) is 9.50 Å². The van der Waals surface area contributed by atoms with Crippen LogP contribution in [0.5, 0.6) is 11.5 Å². The molecule has 1 aliphatic heterocycles. The number of nitrogens with one attached hydrogen (secondary N) is 1. The maximum Gasteiger partial charge on any atom is 0.245 e. The summed E-state index contributed by atoms with van der Waals surface area (Å²) in [6.45, 7) is 6.16. The molecule has 2 aromatic heterocycles. The predicted molar refractivity (Wildman–Crippen MR) is 147 cm³/mol. The smallest absolute Gasteiger partial charge is 0.245 e. The number of benzene rings is 2. The zero-order valence-corrected chi connectivity index (χ0v) is 21.9. The van der Waals surface area contributed by atoms with Gasteiger partial charge in [0.1, 0.15) is 11.5 Å². The number of hydrogen-bond donors (Lipinski definition) is 2. The Morgan fingerprint density at radius 3 is 2.51 bits per heavy atom. The van der Waals surface area contributed by atoms with Crippen molar-refractivity contribution in [2.45, 2.75) is 13.0 Å². The van der Waals surface area contributed by atoms with Crippen molar-refractivity contribution in [2.75, 3.05) is 57.2 Å². The van der Waals surface area contributed by atoms with Crippen molar-refractivity contribution in [3.8, 4) is 22.8 Å². The Balaban J connectivity index is 1.37. The van der Waals surface area contributed by atoms with Gasteiger partial charge in [-0.3, -0.25) is 4.90 Å². The summed E-state index contributed by atoms with van der Waals surface area (Å²) in [7, 11) is 3.28. The Labute approximate surface area is 221 Å². The number of fused-ring (bicyclic) bond motifs is 1. The second kappa shape index (κ2) is 10.8. The van der Waals surface area contributed by atoms with E-state index in [1.54, 1.807) is 26.5 Å². The van der Waals surface area contributed by atoms with Crippen molar-refractivity contribution in [1.82, 2.24) is 19.5 Å². The van der Waals surface area contributed by atoms with E-state index >= 15 is 0 Å². The number of rotatable bonds is 8. The molecule has 0 saturated carbocycles. The molecule has 1 aliphatic rings. The highest BCUT2D eigenvalue weighted by Gasteiger charge is 2.20. The minimum Gasteiger partial charge on any atom is -0.496 e. The average Bonchev–Trinajstić information content (AvgIpc) is 3.32.